The van der Waals surface area contributed by atoms with Gasteiger partial charge in [-0.3, -0.25) is 14.2 Å². The zero-order valence-corrected chi connectivity index (χ0v) is 14.4. The van der Waals surface area contributed by atoms with Crippen LogP contribution < -0.4 is 10.6 Å². The van der Waals surface area contributed by atoms with E-state index in [4.69, 9.17) is 11.6 Å². The molecule has 7 nitrogen and oxygen atoms in total. The van der Waals surface area contributed by atoms with E-state index < -0.39 is 5.69 Å². The van der Waals surface area contributed by atoms with E-state index in [9.17, 15) is 14.4 Å². The predicted octanol–water partition coefficient (Wildman–Crippen LogP) is 1.16. The van der Waals surface area contributed by atoms with Crippen molar-refractivity contribution < 1.29 is 9.59 Å². The van der Waals surface area contributed by atoms with E-state index in [0.29, 0.717) is 17.3 Å². The molecular formula is C17H17ClN4O3. The van der Waals surface area contributed by atoms with E-state index in [-0.39, 0.29) is 30.9 Å². The molecule has 2 heterocycles. The van der Waals surface area contributed by atoms with Crippen molar-refractivity contribution >= 4 is 29.1 Å². The molecular weight excluding hydrogens is 344 g/mol. The highest BCUT2D eigenvalue weighted by Gasteiger charge is 2.33. The molecule has 0 spiro atoms. The number of rotatable bonds is 3. The largest absolute Gasteiger partial charge is 0.347 e. The molecule has 1 fully saturated rings. The molecule has 1 saturated heterocycles. The Morgan fingerprint density at radius 2 is 2.04 bits per heavy atom. The van der Waals surface area contributed by atoms with Gasteiger partial charge in [0.2, 0.25) is 11.8 Å². The van der Waals surface area contributed by atoms with Crippen LogP contribution in [0.25, 0.3) is 0 Å². The summed E-state index contributed by atoms with van der Waals surface area (Å²) in [5, 5.41) is 0.490. The van der Waals surface area contributed by atoms with Crippen LogP contribution in [0.1, 0.15) is 6.92 Å². The van der Waals surface area contributed by atoms with Gasteiger partial charge in [-0.25, -0.2) is 9.78 Å². The fraction of sp³-hybridized carbons (Fsp3) is 0.294. The first-order valence-electron chi connectivity index (χ1n) is 7.83. The number of anilines is 1. The molecule has 0 saturated carbocycles. The first-order valence-corrected chi connectivity index (χ1v) is 8.21. The third-order valence-corrected chi connectivity index (χ3v) is 4.46. The van der Waals surface area contributed by atoms with Crippen molar-refractivity contribution in [3.05, 3.63) is 58.2 Å². The highest BCUT2D eigenvalue weighted by molar-refractivity contribution is 6.33. The number of benzene rings is 1. The standard InChI is InChI=1S/C17H17ClN4O3/c1-12-9-22(14-6-3-2-5-13(14)18)16(24)11-21(12)15(23)10-20-8-4-7-19-17(20)25/h2-8,12H,9-11H2,1H3. The van der Waals surface area contributed by atoms with Crippen LogP contribution >= 0.6 is 11.6 Å². The smallest absolute Gasteiger partial charge is 0.327 e. The van der Waals surface area contributed by atoms with Crippen molar-refractivity contribution in [1.82, 2.24) is 14.5 Å². The van der Waals surface area contributed by atoms with Gasteiger partial charge in [-0.1, -0.05) is 23.7 Å². The highest BCUT2D eigenvalue weighted by atomic mass is 35.5. The third-order valence-electron chi connectivity index (χ3n) is 4.14. The highest BCUT2D eigenvalue weighted by Crippen LogP contribution is 2.27. The second-order valence-corrected chi connectivity index (χ2v) is 6.26. The molecule has 130 valence electrons. The number of hydrogen-bond donors (Lipinski definition) is 0. The summed E-state index contributed by atoms with van der Waals surface area (Å²) in [5.41, 5.74) is 0.140. The van der Waals surface area contributed by atoms with Gasteiger partial charge in [0.25, 0.3) is 0 Å². The molecule has 1 aromatic heterocycles. The Bertz CT molecular complexity index is 867. The van der Waals surface area contributed by atoms with E-state index in [2.05, 4.69) is 4.98 Å². The maximum absolute atomic E-state index is 12.5. The number of nitrogens with zero attached hydrogens (tertiary/aromatic N) is 4. The van der Waals surface area contributed by atoms with Gasteiger partial charge >= 0.3 is 5.69 Å². The number of aromatic nitrogens is 2. The van der Waals surface area contributed by atoms with E-state index in [0.717, 1.165) is 0 Å². The quantitative estimate of drug-likeness (QED) is 0.823. The second-order valence-electron chi connectivity index (χ2n) is 5.86. The first kappa shape index (κ1) is 17.2. The summed E-state index contributed by atoms with van der Waals surface area (Å²) in [6.45, 7) is 2.01. The van der Waals surface area contributed by atoms with Crippen LogP contribution in [-0.4, -0.2) is 45.4 Å². The molecule has 1 unspecified atom stereocenters. The van der Waals surface area contributed by atoms with Gasteiger partial charge in [0.1, 0.15) is 13.1 Å². The molecule has 0 N–H and O–H groups in total. The summed E-state index contributed by atoms with van der Waals surface area (Å²) < 4.78 is 1.22. The monoisotopic (exact) mass is 360 g/mol. The minimum atomic E-state index is -0.496. The van der Waals surface area contributed by atoms with Gasteiger partial charge in [0, 0.05) is 25.0 Å². The Morgan fingerprint density at radius 3 is 2.76 bits per heavy atom. The summed E-state index contributed by atoms with van der Waals surface area (Å²) >= 11 is 6.17. The average Bonchev–Trinajstić information content (AvgIpc) is 2.59. The average molecular weight is 361 g/mol. The number of carbonyl (C=O) groups is 2. The first-order chi connectivity index (χ1) is 12.0. The number of carbonyl (C=O) groups excluding carboxylic acids is 2. The molecule has 2 amide bonds. The number of halogens is 1. The minimum Gasteiger partial charge on any atom is -0.327 e. The molecule has 3 rings (SSSR count). The third kappa shape index (κ3) is 3.56. The van der Waals surface area contributed by atoms with Crippen molar-refractivity contribution in [3.63, 3.8) is 0 Å². The van der Waals surface area contributed by atoms with Crippen molar-refractivity contribution in [1.29, 1.82) is 0 Å². The van der Waals surface area contributed by atoms with Crippen LogP contribution in [0.3, 0.4) is 0 Å². The Hall–Kier alpha value is -2.67. The Morgan fingerprint density at radius 1 is 1.28 bits per heavy atom. The van der Waals surface area contributed by atoms with Crippen LogP contribution in [0.2, 0.25) is 5.02 Å². The second kappa shape index (κ2) is 7.06. The minimum absolute atomic E-state index is 0.0553. The van der Waals surface area contributed by atoms with E-state index in [1.807, 2.05) is 13.0 Å². The molecule has 1 atom stereocenters. The lowest BCUT2D eigenvalue weighted by atomic mass is 10.1. The Labute approximate surface area is 149 Å². The van der Waals surface area contributed by atoms with Crippen molar-refractivity contribution in [2.24, 2.45) is 0 Å². The number of para-hydroxylation sites is 1. The fourth-order valence-electron chi connectivity index (χ4n) is 2.83. The van der Waals surface area contributed by atoms with Crippen molar-refractivity contribution in [2.45, 2.75) is 19.5 Å². The molecule has 8 heteroatoms. The van der Waals surface area contributed by atoms with Crippen LogP contribution in [-0.2, 0) is 16.1 Å². The summed E-state index contributed by atoms with van der Waals surface area (Å²) in [7, 11) is 0. The Balaban J connectivity index is 1.75. The lowest BCUT2D eigenvalue weighted by molar-refractivity contribution is -0.139. The SMILES string of the molecule is CC1CN(c2ccccc2Cl)C(=O)CN1C(=O)Cn1cccnc1=O. The molecule has 1 aliphatic heterocycles. The summed E-state index contributed by atoms with van der Waals surface area (Å²) in [5.74, 6) is -0.507. The maximum Gasteiger partial charge on any atom is 0.347 e. The maximum atomic E-state index is 12.5. The molecule has 0 bridgehead atoms. The zero-order chi connectivity index (χ0) is 18.0. The van der Waals surface area contributed by atoms with Gasteiger partial charge in [-0.2, -0.15) is 0 Å². The molecule has 0 radical (unpaired) electrons. The number of hydrogen-bond acceptors (Lipinski definition) is 4. The van der Waals surface area contributed by atoms with Crippen LogP contribution in [0.5, 0.6) is 0 Å². The van der Waals surface area contributed by atoms with Gasteiger partial charge in [0.05, 0.1) is 10.7 Å². The van der Waals surface area contributed by atoms with Crippen LogP contribution in [0.15, 0.2) is 47.5 Å². The number of amides is 2. The van der Waals surface area contributed by atoms with E-state index >= 15 is 0 Å². The van der Waals surface area contributed by atoms with Crippen molar-refractivity contribution in [2.75, 3.05) is 18.0 Å². The van der Waals surface area contributed by atoms with Gasteiger partial charge in [0.15, 0.2) is 0 Å². The number of piperazine rings is 1. The van der Waals surface area contributed by atoms with Gasteiger partial charge < -0.3 is 9.80 Å². The molecule has 1 aliphatic rings. The van der Waals surface area contributed by atoms with Crippen molar-refractivity contribution in [3.8, 4) is 0 Å². The summed E-state index contributed by atoms with van der Waals surface area (Å²) in [6, 6.07) is 8.49. The lowest BCUT2D eigenvalue weighted by Crippen LogP contribution is -2.58. The topological polar surface area (TPSA) is 75.5 Å². The molecule has 1 aromatic carbocycles. The van der Waals surface area contributed by atoms with Crippen LogP contribution in [0, 0.1) is 0 Å². The summed E-state index contributed by atoms with van der Waals surface area (Å²) in [6.07, 6.45) is 2.87. The predicted molar refractivity (Wildman–Crippen MR) is 93.5 cm³/mol. The van der Waals surface area contributed by atoms with Gasteiger partial charge in [-0.05, 0) is 25.1 Å². The summed E-state index contributed by atoms with van der Waals surface area (Å²) in [4.78, 5) is 43.4. The fourth-order valence-corrected chi connectivity index (χ4v) is 3.07. The molecule has 25 heavy (non-hydrogen) atoms. The normalized spacial score (nSPS) is 17.7. The lowest BCUT2D eigenvalue weighted by Gasteiger charge is -2.39. The van der Waals surface area contributed by atoms with E-state index in [1.54, 1.807) is 29.2 Å². The van der Waals surface area contributed by atoms with Crippen LogP contribution in [0.4, 0.5) is 5.69 Å². The Kier molecular flexibility index (Phi) is 4.85. The van der Waals surface area contributed by atoms with Gasteiger partial charge in [-0.15, -0.1) is 0 Å². The zero-order valence-electron chi connectivity index (χ0n) is 13.6. The molecule has 2 aromatic rings. The van der Waals surface area contributed by atoms with E-state index in [1.165, 1.54) is 21.9 Å². The molecule has 0 aliphatic carbocycles.